The normalized spacial score (nSPS) is 12.9. The minimum atomic E-state index is -2.54. The van der Waals surface area contributed by atoms with Crippen LogP contribution in [0.2, 0.25) is 0 Å². The lowest BCUT2D eigenvalue weighted by atomic mass is 9.92. The standard InChI is InChI=1S/C52H34N2Si/c1-4-14-35(15-5-1)47-31-26-36-24-25-37-27-32-48(54-52(37)51(36)53-47)44-30-29-41(42-20-10-11-21-43(42)44)38-28-33-50-46(34-38)45-22-12-13-23-49(45)55(50,39-16-6-2-7-17-39)40-18-8-3-9-19-40/h1-34H. The monoisotopic (exact) mass is 714 g/mol. The second kappa shape index (κ2) is 12.6. The molecule has 8 aromatic carbocycles. The Morgan fingerprint density at radius 1 is 0.309 bits per heavy atom. The highest BCUT2D eigenvalue weighted by molar-refractivity contribution is 7.22. The molecule has 0 saturated heterocycles. The molecular formula is C52H34N2Si. The molecular weight excluding hydrogens is 681 g/mol. The molecule has 1 aliphatic rings. The second-order valence-electron chi connectivity index (χ2n) is 14.5. The summed E-state index contributed by atoms with van der Waals surface area (Å²) in [4.78, 5) is 10.5. The maximum atomic E-state index is 5.35. The van der Waals surface area contributed by atoms with Gasteiger partial charge in [0.15, 0.2) is 8.07 Å². The fourth-order valence-electron chi connectivity index (χ4n) is 9.08. The molecule has 11 rings (SSSR count). The van der Waals surface area contributed by atoms with E-state index in [1.807, 2.05) is 6.07 Å². The summed E-state index contributed by atoms with van der Waals surface area (Å²) in [5.74, 6) is 0. The lowest BCUT2D eigenvalue weighted by molar-refractivity contribution is 1.37. The molecule has 0 aliphatic carbocycles. The van der Waals surface area contributed by atoms with Crippen molar-refractivity contribution in [2.24, 2.45) is 0 Å². The van der Waals surface area contributed by atoms with Crippen LogP contribution in [0.15, 0.2) is 206 Å². The average Bonchev–Trinajstić information content (AvgIpc) is 3.57. The van der Waals surface area contributed by atoms with E-state index in [1.165, 1.54) is 53.8 Å². The predicted molar refractivity (Wildman–Crippen MR) is 233 cm³/mol. The van der Waals surface area contributed by atoms with Crippen LogP contribution < -0.4 is 20.7 Å². The number of fused-ring (bicyclic) bond motifs is 7. The van der Waals surface area contributed by atoms with E-state index in [9.17, 15) is 0 Å². The van der Waals surface area contributed by atoms with E-state index in [-0.39, 0.29) is 0 Å². The van der Waals surface area contributed by atoms with Crippen LogP contribution in [-0.2, 0) is 0 Å². The number of hydrogen-bond acceptors (Lipinski definition) is 2. The van der Waals surface area contributed by atoms with Gasteiger partial charge in [-0.05, 0) is 72.0 Å². The third-order valence-electron chi connectivity index (χ3n) is 11.6. The number of pyridine rings is 2. The van der Waals surface area contributed by atoms with E-state index in [1.54, 1.807) is 0 Å². The largest absolute Gasteiger partial charge is 0.245 e. The molecule has 3 heterocycles. The first-order chi connectivity index (χ1) is 27.3. The van der Waals surface area contributed by atoms with Gasteiger partial charge in [0.05, 0.1) is 22.4 Å². The molecule has 2 nitrogen and oxygen atoms in total. The smallest absolute Gasteiger partial charge is 0.180 e. The van der Waals surface area contributed by atoms with Crippen LogP contribution in [0.5, 0.6) is 0 Å². The first kappa shape index (κ1) is 31.6. The number of nitrogens with zero attached hydrogens (tertiary/aromatic N) is 2. The zero-order valence-electron chi connectivity index (χ0n) is 30.0. The summed E-state index contributed by atoms with van der Waals surface area (Å²) in [5.41, 5.74) is 11.1. The zero-order chi connectivity index (χ0) is 36.3. The van der Waals surface area contributed by atoms with E-state index in [0.29, 0.717) is 0 Å². The summed E-state index contributed by atoms with van der Waals surface area (Å²) in [6.45, 7) is 0. The Balaban J connectivity index is 1.08. The quantitative estimate of drug-likeness (QED) is 0.131. The van der Waals surface area contributed by atoms with Crippen molar-refractivity contribution in [1.29, 1.82) is 0 Å². The van der Waals surface area contributed by atoms with E-state index in [0.717, 1.165) is 44.3 Å². The van der Waals surface area contributed by atoms with Gasteiger partial charge in [-0.25, -0.2) is 9.97 Å². The van der Waals surface area contributed by atoms with Gasteiger partial charge in [0.25, 0.3) is 0 Å². The van der Waals surface area contributed by atoms with Gasteiger partial charge in [-0.15, -0.1) is 0 Å². The van der Waals surface area contributed by atoms with Crippen molar-refractivity contribution in [3.63, 3.8) is 0 Å². The fraction of sp³-hybridized carbons (Fsp3) is 0. The summed E-state index contributed by atoms with van der Waals surface area (Å²) in [6, 6.07) is 75.3. The van der Waals surface area contributed by atoms with Crippen molar-refractivity contribution in [3.8, 4) is 44.8 Å². The Bertz CT molecular complexity index is 3050. The maximum absolute atomic E-state index is 5.35. The van der Waals surface area contributed by atoms with Crippen molar-refractivity contribution in [3.05, 3.63) is 206 Å². The predicted octanol–water partition coefficient (Wildman–Crippen LogP) is 10.3. The second-order valence-corrected chi connectivity index (χ2v) is 18.2. The highest BCUT2D eigenvalue weighted by Crippen LogP contribution is 2.39. The molecule has 0 N–H and O–H groups in total. The Morgan fingerprint density at radius 2 is 0.818 bits per heavy atom. The molecule has 256 valence electrons. The SMILES string of the molecule is c1ccc(-c2ccc3ccc4ccc(-c5ccc(-c6ccc7c(c6)-c6ccccc6[Si]7(c6ccccc6)c6ccccc6)c6ccccc56)nc4c3n2)cc1. The van der Waals surface area contributed by atoms with Crippen LogP contribution in [0.1, 0.15) is 0 Å². The van der Waals surface area contributed by atoms with Gasteiger partial charge in [0.2, 0.25) is 0 Å². The molecule has 0 saturated carbocycles. The van der Waals surface area contributed by atoms with Crippen LogP contribution in [-0.4, -0.2) is 18.0 Å². The summed E-state index contributed by atoms with van der Waals surface area (Å²) < 4.78 is 0. The van der Waals surface area contributed by atoms with Gasteiger partial charge in [-0.3, -0.25) is 0 Å². The lowest BCUT2D eigenvalue weighted by Crippen LogP contribution is -2.72. The third kappa shape index (κ3) is 4.87. The third-order valence-corrected chi connectivity index (χ3v) is 16.4. The van der Waals surface area contributed by atoms with E-state index < -0.39 is 8.07 Å². The van der Waals surface area contributed by atoms with Crippen LogP contribution in [0.4, 0.5) is 0 Å². The van der Waals surface area contributed by atoms with Gasteiger partial charge in [0, 0.05) is 21.9 Å². The maximum Gasteiger partial charge on any atom is 0.180 e. The fourth-order valence-corrected chi connectivity index (χ4v) is 14.2. The van der Waals surface area contributed by atoms with E-state index in [4.69, 9.17) is 9.97 Å². The molecule has 0 radical (unpaired) electrons. The molecule has 2 aromatic heterocycles. The molecule has 3 heteroatoms. The van der Waals surface area contributed by atoms with Gasteiger partial charge in [0.1, 0.15) is 0 Å². The highest BCUT2D eigenvalue weighted by atomic mass is 28.3. The van der Waals surface area contributed by atoms with Gasteiger partial charge < -0.3 is 0 Å². The molecule has 0 fully saturated rings. The minimum absolute atomic E-state index is 0.919. The topological polar surface area (TPSA) is 25.8 Å². The van der Waals surface area contributed by atoms with Crippen molar-refractivity contribution >= 4 is 61.4 Å². The lowest BCUT2D eigenvalue weighted by Gasteiger charge is -2.31. The van der Waals surface area contributed by atoms with Gasteiger partial charge in [-0.1, -0.05) is 188 Å². The van der Waals surface area contributed by atoms with Crippen molar-refractivity contribution in [2.45, 2.75) is 0 Å². The van der Waals surface area contributed by atoms with Crippen molar-refractivity contribution in [1.82, 2.24) is 9.97 Å². The number of hydrogen-bond donors (Lipinski definition) is 0. The minimum Gasteiger partial charge on any atom is -0.245 e. The first-order valence-electron chi connectivity index (χ1n) is 18.9. The Hall–Kier alpha value is -6.94. The Morgan fingerprint density at radius 3 is 1.51 bits per heavy atom. The summed E-state index contributed by atoms with van der Waals surface area (Å²) in [5, 5.41) is 10.3. The van der Waals surface area contributed by atoms with E-state index >= 15 is 0 Å². The van der Waals surface area contributed by atoms with Crippen LogP contribution in [0.25, 0.3) is 77.3 Å². The zero-order valence-corrected chi connectivity index (χ0v) is 31.0. The summed E-state index contributed by atoms with van der Waals surface area (Å²) >= 11 is 0. The number of aromatic nitrogens is 2. The molecule has 0 unspecified atom stereocenters. The van der Waals surface area contributed by atoms with Gasteiger partial charge in [-0.2, -0.15) is 0 Å². The van der Waals surface area contributed by atoms with Crippen molar-refractivity contribution < 1.29 is 0 Å². The summed E-state index contributed by atoms with van der Waals surface area (Å²) in [7, 11) is -2.54. The van der Waals surface area contributed by atoms with Gasteiger partial charge >= 0.3 is 0 Å². The molecule has 0 bridgehead atoms. The molecule has 0 spiro atoms. The molecule has 0 atom stereocenters. The Labute approximate surface area is 321 Å². The highest BCUT2D eigenvalue weighted by Gasteiger charge is 2.48. The van der Waals surface area contributed by atoms with Crippen LogP contribution in [0, 0.1) is 0 Å². The summed E-state index contributed by atoms with van der Waals surface area (Å²) in [6.07, 6.45) is 0. The van der Waals surface area contributed by atoms with E-state index in [2.05, 4.69) is 200 Å². The van der Waals surface area contributed by atoms with Crippen LogP contribution >= 0.6 is 0 Å². The number of rotatable bonds is 5. The molecule has 10 aromatic rings. The molecule has 0 amide bonds. The number of benzene rings is 8. The average molecular weight is 715 g/mol. The van der Waals surface area contributed by atoms with Crippen LogP contribution in [0.3, 0.4) is 0 Å². The Kier molecular flexibility index (Phi) is 7.22. The van der Waals surface area contributed by atoms with Crippen molar-refractivity contribution in [2.75, 3.05) is 0 Å². The first-order valence-corrected chi connectivity index (χ1v) is 20.9. The molecule has 55 heavy (non-hydrogen) atoms. The molecule has 1 aliphatic heterocycles.